The Morgan fingerprint density at radius 3 is 2.00 bits per heavy atom. The first-order valence-electron chi connectivity index (χ1n) is 9.19. The third-order valence-corrected chi connectivity index (χ3v) is 5.05. The monoisotopic (exact) mass is 342 g/mol. The molecule has 0 spiro atoms. The lowest BCUT2D eigenvalue weighted by Crippen LogP contribution is -2.46. The number of piperazine rings is 1. The second-order valence-corrected chi connectivity index (χ2v) is 6.94. The molecule has 2 aliphatic heterocycles. The van der Waals surface area contributed by atoms with Crippen LogP contribution in [0.15, 0.2) is 18.3 Å². The maximum Gasteiger partial charge on any atom is 0.151 e. The molecule has 0 radical (unpaired) electrons. The van der Waals surface area contributed by atoms with Crippen LogP contribution in [0.3, 0.4) is 0 Å². The summed E-state index contributed by atoms with van der Waals surface area (Å²) >= 11 is 0. The largest absolute Gasteiger partial charge is 0.355 e. The van der Waals surface area contributed by atoms with Gasteiger partial charge >= 0.3 is 0 Å². The highest BCUT2D eigenvalue weighted by Gasteiger charge is 2.20. The fraction of sp³-hybridized carbons (Fsp3) is 0.647. The number of anilines is 2. The maximum absolute atomic E-state index is 4.48. The summed E-state index contributed by atoms with van der Waals surface area (Å²) in [7, 11) is 1.90. The molecule has 2 fully saturated rings. The van der Waals surface area contributed by atoms with Crippen molar-refractivity contribution in [3.63, 3.8) is 0 Å². The molecule has 2 aromatic rings. The van der Waals surface area contributed by atoms with E-state index in [9.17, 15) is 0 Å². The summed E-state index contributed by atoms with van der Waals surface area (Å²) in [5.74, 6) is 2.00. The maximum atomic E-state index is 4.48. The zero-order valence-electron chi connectivity index (χ0n) is 14.9. The second-order valence-electron chi connectivity index (χ2n) is 6.94. The lowest BCUT2D eigenvalue weighted by molar-refractivity contribution is 0.246. The summed E-state index contributed by atoms with van der Waals surface area (Å²) in [6, 6.07) is 4.24. The SMILES string of the molecule is Cn1cc(CN2CCN(c3ccc(N4CCCCC4)nn3)CC2)nn1. The van der Waals surface area contributed by atoms with Crippen LogP contribution in [0.4, 0.5) is 11.6 Å². The van der Waals surface area contributed by atoms with Crippen LogP contribution >= 0.6 is 0 Å². The molecule has 4 heterocycles. The van der Waals surface area contributed by atoms with E-state index < -0.39 is 0 Å². The predicted octanol–water partition coefficient (Wildman–Crippen LogP) is 0.918. The Labute approximate surface area is 148 Å². The molecule has 8 heteroatoms. The number of nitrogens with zero attached hydrogens (tertiary/aromatic N) is 8. The van der Waals surface area contributed by atoms with Crippen molar-refractivity contribution in [3.05, 3.63) is 24.0 Å². The van der Waals surface area contributed by atoms with Gasteiger partial charge in [-0.2, -0.15) is 0 Å². The van der Waals surface area contributed by atoms with E-state index in [-0.39, 0.29) is 0 Å². The summed E-state index contributed by atoms with van der Waals surface area (Å²) < 4.78 is 1.76. The smallest absolute Gasteiger partial charge is 0.151 e. The third-order valence-electron chi connectivity index (χ3n) is 5.05. The molecule has 4 rings (SSSR count). The van der Waals surface area contributed by atoms with Crippen molar-refractivity contribution < 1.29 is 0 Å². The molecule has 8 nitrogen and oxygen atoms in total. The van der Waals surface area contributed by atoms with Gasteiger partial charge in [-0.05, 0) is 31.4 Å². The zero-order valence-corrected chi connectivity index (χ0v) is 14.9. The fourth-order valence-electron chi connectivity index (χ4n) is 3.61. The normalized spacial score (nSPS) is 19.4. The van der Waals surface area contributed by atoms with Gasteiger partial charge in [0, 0.05) is 59.1 Å². The van der Waals surface area contributed by atoms with Crippen molar-refractivity contribution in [2.75, 3.05) is 49.1 Å². The second kappa shape index (κ2) is 7.35. The molecule has 2 aliphatic rings. The summed E-state index contributed by atoms with van der Waals surface area (Å²) in [5.41, 5.74) is 1.03. The van der Waals surface area contributed by atoms with Crippen LogP contribution in [0.25, 0.3) is 0 Å². The topological polar surface area (TPSA) is 66.2 Å². The minimum absolute atomic E-state index is 0.862. The number of hydrogen-bond acceptors (Lipinski definition) is 7. The first-order chi connectivity index (χ1) is 12.3. The van der Waals surface area contributed by atoms with Gasteiger partial charge < -0.3 is 9.80 Å². The van der Waals surface area contributed by atoms with Crippen molar-refractivity contribution in [1.29, 1.82) is 0 Å². The van der Waals surface area contributed by atoms with E-state index in [1.54, 1.807) is 4.68 Å². The van der Waals surface area contributed by atoms with Crippen LogP contribution in [-0.2, 0) is 13.6 Å². The van der Waals surface area contributed by atoms with Crippen molar-refractivity contribution in [3.8, 4) is 0 Å². The van der Waals surface area contributed by atoms with Crippen LogP contribution in [0.5, 0.6) is 0 Å². The quantitative estimate of drug-likeness (QED) is 0.818. The van der Waals surface area contributed by atoms with Crippen LogP contribution in [0.2, 0.25) is 0 Å². The first-order valence-corrected chi connectivity index (χ1v) is 9.19. The van der Waals surface area contributed by atoms with E-state index in [4.69, 9.17) is 0 Å². The van der Waals surface area contributed by atoms with Crippen LogP contribution < -0.4 is 9.80 Å². The van der Waals surface area contributed by atoms with Gasteiger partial charge in [-0.3, -0.25) is 9.58 Å². The van der Waals surface area contributed by atoms with Gasteiger partial charge in [0.05, 0.1) is 5.69 Å². The highest BCUT2D eigenvalue weighted by molar-refractivity contribution is 5.45. The summed E-state index contributed by atoms with van der Waals surface area (Å²) in [5, 5.41) is 17.1. The van der Waals surface area contributed by atoms with Crippen LogP contribution in [-0.4, -0.2) is 69.4 Å². The Bertz CT molecular complexity index is 668. The highest BCUT2D eigenvalue weighted by atomic mass is 15.4. The Balaban J connectivity index is 1.31. The Kier molecular flexibility index (Phi) is 4.78. The molecule has 2 aromatic heterocycles. The minimum atomic E-state index is 0.862. The van der Waals surface area contributed by atoms with Gasteiger partial charge in [0.2, 0.25) is 0 Å². The van der Waals surface area contributed by atoms with Gasteiger partial charge in [0.15, 0.2) is 11.6 Å². The van der Waals surface area contributed by atoms with Crippen molar-refractivity contribution in [2.24, 2.45) is 7.05 Å². The first kappa shape index (κ1) is 16.3. The molecule has 0 bridgehead atoms. The van der Waals surface area contributed by atoms with Gasteiger partial charge in [-0.1, -0.05) is 5.21 Å². The Morgan fingerprint density at radius 2 is 1.44 bits per heavy atom. The number of rotatable bonds is 4. The molecule has 0 saturated carbocycles. The van der Waals surface area contributed by atoms with Gasteiger partial charge in [0.25, 0.3) is 0 Å². The molecule has 0 N–H and O–H groups in total. The van der Waals surface area contributed by atoms with E-state index in [1.807, 2.05) is 13.2 Å². The van der Waals surface area contributed by atoms with E-state index in [1.165, 1.54) is 19.3 Å². The van der Waals surface area contributed by atoms with E-state index in [2.05, 4.69) is 47.3 Å². The minimum Gasteiger partial charge on any atom is -0.355 e. The standard InChI is InChI=1S/C17H26N8/c1-22-13-15(18-21-22)14-23-9-11-25(12-10-23)17-6-5-16(19-20-17)24-7-3-2-4-8-24/h5-6,13H,2-4,7-12,14H2,1H3. The average Bonchev–Trinajstić information content (AvgIpc) is 3.08. The van der Waals surface area contributed by atoms with E-state index >= 15 is 0 Å². The number of hydrogen-bond donors (Lipinski definition) is 0. The van der Waals surface area contributed by atoms with Gasteiger partial charge in [-0.15, -0.1) is 15.3 Å². The number of piperidine rings is 1. The summed E-state index contributed by atoms with van der Waals surface area (Å²) in [6.45, 7) is 7.03. The molecule has 25 heavy (non-hydrogen) atoms. The number of aryl methyl sites for hydroxylation is 1. The highest BCUT2D eigenvalue weighted by Crippen LogP contribution is 2.20. The fourth-order valence-corrected chi connectivity index (χ4v) is 3.61. The average molecular weight is 342 g/mol. The summed E-state index contributed by atoms with van der Waals surface area (Å²) in [6.07, 6.45) is 5.84. The van der Waals surface area contributed by atoms with Gasteiger partial charge in [-0.25, -0.2) is 0 Å². The molecule has 0 atom stereocenters. The van der Waals surface area contributed by atoms with Crippen LogP contribution in [0.1, 0.15) is 25.0 Å². The molecule has 0 aromatic carbocycles. The molecular weight excluding hydrogens is 316 g/mol. The predicted molar refractivity (Wildman–Crippen MR) is 96.6 cm³/mol. The molecule has 0 aliphatic carbocycles. The van der Waals surface area contributed by atoms with E-state index in [0.717, 1.165) is 63.1 Å². The van der Waals surface area contributed by atoms with E-state index in [0.29, 0.717) is 0 Å². The molecular formula is C17H26N8. The molecule has 2 saturated heterocycles. The molecule has 0 unspecified atom stereocenters. The van der Waals surface area contributed by atoms with Crippen LogP contribution in [0, 0.1) is 0 Å². The van der Waals surface area contributed by atoms with Crippen molar-refractivity contribution in [1.82, 2.24) is 30.1 Å². The number of aromatic nitrogens is 5. The van der Waals surface area contributed by atoms with Gasteiger partial charge in [0.1, 0.15) is 0 Å². The lowest BCUT2D eigenvalue weighted by Gasteiger charge is -2.35. The zero-order chi connectivity index (χ0) is 17.1. The Hall–Kier alpha value is -2.22. The molecule has 134 valence electrons. The van der Waals surface area contributed by atoms with Crippen molar-refractivity contribution >= 4 is 11.6 Å². The third kappa shape index (κ3) is 3.89. The summed E-state index contributed by atoms with van der Waals surface area (Å²) in [4.78, 5) is 7.08. The molecule has 0 amide bonds. The Morgan fingerprint density at radius 1 is 0.800 bits per heavy atom. The van der Waals surface area contributed by atoms with Crippen molar-refractivity contribution in [2.45, 2.75) is 25.8 Å². The lowest BCUT2D eigenvalue weighted by atomic mass is 10.1.